The zero-order valence-corrected chi connectivity index (χ0v) is 14.7. The quantitative estimate of drug-likeness (QED) is 0.596. The van der Waals surface area contributed by atoms with E-state index < -0.39 is 6.10 Å². The summed E-state index contributed by atoms with van der Waals surface area (Å²) in [6, 6.07) is 19.6. The summed E-state index contributed by atoms with van der Waals surface area (Å²) < 4.78 is 11.5. The summed E-state index contributed by atoms with van der Waals surface area (Å²) in [5.41, 5.74) is 1.78. The van der Waals surface area contributed by atoms with Gasteiger partial charge in [0.1, 0.15) is 11.3 Å². The molecular weight excluding hydrogens is 342 g/mol. The Morgan fingerprint density at radius 3 is 2.74 bits per heavy atom. The van der Waals surface area contributed by atoms with E-state index in [1.807, 2.05) is 60.7 Å². The molecule has 0 unspecified atom stereocenters. The van der Waals surface area contributed by atoms with E-state index in [1.165, 1.54) is 0 Å². The van der Waals surface area contributed by atoms with Gasteiger partial charge in [-0.05, 0) is 18.6 Å². The Hall–Kier alpha value is -2.96. The van der Waals surface area contributed by atoms with Gasteiger partial charge < -0.3 is 14.0 Å². The molecule has 0 aliphatic carbocycles. The maximum atomic E-state index is 10.2. The molecule has 1 fully saturated rings. The minimum absolute atomic E-state index is 0.127. The van der Waals surface area contributed by atoms with Crippen LogP contribution in [0.15, 0.2) is 69.6 Å². The molecule has 2 atom stereocenters. The van der Waals surface area contributed by atoms with Crippen LogP contribution in [0.3, 0.4) is 0 Å². The number of likely N-dealkylation sites (tertiary alicyclic amines) is 1. The molecule has 27 heavy (non-hydrogen) atoms. The first-order valence-electron chi connectivity index (χ1n) is 9.05. The largest absolute Gasteiger partial charge is 0.460 e. The third-order valence-electron chi connectivity index (χ3n) is 4.98. The Morgan fingerprint density at radius 1 is 1.07 bits per heavy atom. The molecule has 0 amide bonds. The molecule has 0 bridgehead atoms. The number of aromatic nitrogens is 2. The number of aliphatic hydroxyl groups excluding tert-OH is 1. The lowest BCUT2D eigenvalue weighted by Gasteiger charge is -2.19. The number of fused-ring (bicyclic) bond motifs is 1. The topological polar surface area (TPSA) is 75.5 Å². The Labute approximate surface area is 156 Å². The third-order valence-corrected chi connectivity index (χ3v) is 4.98. The van der Waals surface area contributed by atoms with Crippen LogP contribution in [-0.2, 0) is 6.54 Å². The molecule has 1 saturated heterocycles. The Bertz CT molecular complexity index is 1020. The van der Waals surface area contributed by atoms with Crippen molar-refractivity contribution >= 4 is 11.0 Å². The van der Waals surface area contributed by atoms with Crippen molar-refractivity contribution in [2.24, 2.45) is 0 Å². The smallest absolute Gasteiger partial charge is 0.244 e. The molecule has 2 aromatic heterocycles. The molecular formula is C21H19N3O3. The zero-order valence-electron chi connectivity index (χ0n) is 14.7. The predicted octanol–water partition coefficient (Wildman–Crippen LogP) is 3.79. The van der Waals surface area contributed by atoms with Crippen molar-refractivity contribution in [3.8, 4) is 11.4 Å². The number of para-hydroxylation sites is 1. The number of hydrogen-bond donors (Lipinski definition) is 1. The molecule has 0 saturated carbocycles. The number of benzene rings is 2. The van der Waals surface area contributed by atoms with Crippen molar-refractivity contribution in [2.45, 2.75) is 25.1 Å². The van der Waals surface area contributed by atoms with Gasteiger partial charge in [0, 0.05) is 17.5 Å². The first-order chi connectivity index (χ1) is 13.3. The van der Waals surface area contributed by atoms with Gasteiger partial charge >= 0.3 is 0 Å². The van der Waals surface area contributed by atoms with Crippen molar-refractivity contribution in [1.29, 1.82) is 0 Å². The second-order valence-corrected chi connectivity index (χ2v) is 6.91. The van der Waals surface area contributed by atoms with Gasteiger partial charge in [-0.15, -0.1) is 0 Å². The lowest BCUT2D eigenvalue weighted by Crippen LogP contribution is -2.24. The maximum Gasteiger partial charge on any atom is 0.244 e. The molecule has 0 spiro atoms. The van der Waals surface area contributed by atoms with Crippen LogP contribution < -0.4 is 0 Å². The second kappa shape index (κ2) is 6.64. The van der Waals surface area contributed by atoms with E-state index in [0.29, 0.717) is 31.2 Å². The van der Waals surface area contributed by atoms with Crippen molar-refractivity contribution in [2.75, 3.05) is 6.54 Å². The van der Waals surface area contributed by atoms with Gasteiger partial charge in [0.25, 0.3) is 0 Å². The van der Waals surface area contributed by atoms with Gasteiger partial charge in [0.2, 0.25) is 11.7 Å². The van der Waals surface area contributed by atoms with E-state index in [1.54, 1.807) is 0 Å². The highest BCUT2D eigenvalue weighted by atomic mass is 16.5. The molecule has 1 N–H and O–H groups in total. The SMILES string of the molecule is O[C@@H]1C[C@@H](c2nc(-c3ccccc3)no2)N(Cc2cc3ccccc3o2)C1. The average Bonchev–Trinajstić information content (AvgIpc) is 3.40. The van der Waals surface area contributed by atoms with Crippen molar-refractivity contribution < 1.29 is 14.0 Å². The Balaban J connectivity index is 1.40. The predicted molar refractivity (Wildman–Crippen MR) is 99.7 cm³/mol. The summed E-state index contributed by atoms with van der Waals surface area (Å²) in [6.45, 7) is 1.13. The first-order valence-corrected chi connectivity index (χ1v) is 9.05. The Kier molecular flexibility index (Phi) is 3.99. The van der Waals surface area contributed by atoms with Gasteiger partial charge in [-0.2, -0.15) is 4.98 Å². The van der Waals surface area contributed by atoms with Crippen LogP contribution in [-0.4, -0.2) is 32.8 Å². The summed E-state index contributed by atoms with van der Waals surface area (Å²) in [5.74, 6) is 1.95. The van der Waals surface area contributed by atoms with Crippen LogP contribution in [0.1, 0.15) is 24.1 Å². The summed E-state index contributed by atoms with van der Waals surface area (Å²) in [4.78, 5) is 6.70. The minimum atomic E-state index is -0.425. The Morgan fingerprint density at radius 2 is 1.89 bits per heavy atom. The van der Waals surface area contributed by atoms with Gasteiger partial charge in [0.05, 0.1) is 18.7 Å². The second-order valence-electron chi connectivity index (χ2n) is 6.91. The normalized spacial score (nSPS) is 20.5. The third kappa shape index (κ3) is 3.13. The van der Waals surface area contributed by atoms with Crippen LogP contribution in [0, 0.1) is 0 Å². The molecule has 2 aromatic carbocycles. The van der Waals surface area contributed by atoms with E-state index >= 15 is 0 Å². The first kappa shape index (κ1) is 16.2. The van der Waals surface area contributed by atoms with E-state index in [2.05, 4.69) is 15.0 Å². The van der Waals surface area contributed by atoms with Gasteiger partial charge in [-0.1, -0.05) is 53.7 Å². The van der Waals surface area contributed by atoms with Crippen LogP contribution >= 0.6 is 0 Å². The fraction of sp³-hybridized carbons (Fsp3) is 0.238. The molecule has 5 rings (SSSR count). The number of nitrogens with zero attached hydrogens (tertiary/aromatic N) is 3. The summed E-state index contributed by atoms with van der Waals surface area (Å²) >= 11 is 0. The highest BCUT2D eigenvalue weighted by Crippen LogP contribution is 2.34. The van der Waals surface area contributed by atoms with E-state index in [0.717, 1.165) is 22.3 Å². The number of furan rings is 1. The van der Waals surface area contributed by atoms with Crippen LogP contribution in [0.5, 0.6) is 0 Å². The van der Waals surface area contributed by atoms with Gasteiger partial charge in [-0.3, -0.25) is 4.90 Å². The molecule has 4 aromatic rings. The number of hydrogen-bond acceptors (Lipinski definition) is 6. The average molecular weight is 361 g/mol. The van der Waals surface area contributed by atoms with Crippen molar-refractivity contribution in [1.82, 2.24) is 15.0 Å². The van der Waals surface area contributed by atoms with Gasteiger partial charge in [-0.25, -0.2) is 0 Å². The lowest BCUT2D eigenvalue weighted by atomic mass is 10.2. The molecule has 3 heterocycles. The fourth-order valence-electron chi connectivity index (χ4n) is 3.70. The van der Waals surface area contributed by atoms with Crippen LogP contribution in [0.25, 0.3) is 22.4 Å². The van der Waals surface area contributed by atoms with Crippen molar-refractivity contribution in [3.63, 3.8) is 0 Å². The fourth-order valence-corrected chi connectivity index (χ4v) is 3.70. The highest BCUT2D eigenvalue weighted by Gasteiger charge is 2.36. The zero-order chi connectivity index (χ0) is 18.2. The molecule has 0 radical (unpaired) electrons. The van der Waals surface area contributed by atoms with Crippen LogP contribution in [0.4, 0.5) is 0 Å². The maximum absolute atomic E-state index is 10.2. The lowest BCUT2D eigenvalue weighted by molar-refractivity contribution is 0.164. The van der Waals surface area contributed by atoms with E-state index in [9.17, 15) is 5.11 Å². The highest BCUT2D eigenvalue weighted by molar-refractivity contribution is 5.77. The summed E-state index contributed by atoms with van der Waals surface area (Å²) in [7, 11) is 0. The summed E-state index contributed by atoms with van der Waals surface area (Å²) in [5, 5.41) is 15.4. The standard InChI is InChI=1S/C21H19N3O3/c25-16-11-18(21-22-20(23-27-21)14-6-2-1-3-7-14)24(12-16)13-17-10-15-8-4-5-9-19(15)26-17/h1-10,16,18,25H,11-13H2/t16-,18+/m1/s1. The van der Waals surface area contributed by atoms with Crippen LogP contribution in [0.2, 0.25) is 0 Å². The number of aliphatic hydroxyl groups is 1. The van der Waals surface area contributed by atoms with E-state index in [-0.39, 0.29) is 6.04 Å². The monoisotopic (exact) mass is 361 g/mol. The van der Waals surface area contributed by atoms with Gasteiger partial charge in [0.15, 0.2) is 0 Å². The number of rotatable bonds is 4. The minimum Gasteiger partial charge on any atom is -0.460 e. The number of β-amino-alcohol motifs (C(OH)–C–C–N with tert-alkyl or cyclic N) is 1. The molecule has 6 heteroatoms. The molecule has 1 aliphatic heterocycles. The molecule has 136 valence electrons. The molecule has 6 nitrogen and oxygen atoms in total. The summed E-state index contributed by atoms with van der Waals surface area (Å²) in [6.07, 6.45) is 0.142. The molecule has 1 aliphatic rings. The van der Waals surface area contributed by atoms with Crippen molar-refractivity contribution in [3.05, 3.63) is 72.3 Å². The van der Waals surface area contributed by atoms with E-state index in [4.69, 9.17) is 8.94 Å².